The lowest BCUT2D eigenvalue weighted by Crippen LogP contribution is -2.55. The van der Waals surface area contributed by atoms with Crippen LogP contribution >= 0.6 is 0 Å². The fourth-order valence-electron chi connectivity index (χ4n) is 8.13. The predicted molar refractivity (Wildman–Crippen MR) is 268 cm³/mol. The second-order valence-electron chi connectivity index (χ2n) is 19.5. The monoisotopic (exact) mass is 902 g/mol. The highest BCUT2D eigenvalue weighted by Gasteiger charge is 2.25. The summed E-state index contributed by atoms with van der Waals surface area (Å²) in [4.78, 5) is 37.1. The molecule has 8 nitrogen and oxygen atoms in total. The van der Waals surface area contributed by atoms with E-state index in [0.717, 1.165) is 64.2 Å². The van der Waals surface area contributed by atoms with E-state index in [1.54, 1.807) is 21.1 Å². The summed E-state index contributed by atoms with van der Waals surface area (Å²) < 4.78 is 17.3. The predicted octanol–water partition coefficient (Wildman–Crippen LogP) is 14.4. The number of carboxylic acids is 1. The van der Waals surface area contributed by atoms with E-state index in [9.17, 15) is 19.5 Å². The number of likely N-dealkylation sites (N-methyl/N-ethyl adjacent to an activating group) is 1. The molecule has 0 fully saturated rings. The van der Waals surface area contributed by atoms with Crippen molar-refractivity contribution in [1.82, 2.24) is 0 Å². The van der Waals surface area contributed by atoms with E-state index in [1.165, 1.54) is 154 Å². The summed E-state index contributed by atoms with van der Waals surface area (Å²) in [6.45, 7) is 4.67. The summed E-state index contributed by atoms with van der Waals surface area (Å²) in [5.74, 6) is -1.75. The molecule has 0 saturated carbocycles. The van der Waals surface area contributed by atoms with Gasteiger partial charge < -0.3 is 28.6 Å². The van der Waals surface area contributed by atoms with Crippen molar-refractivity contribution in [2.75, 3.05) is 41.0 Å². The molecule has 0 aliphatic rings. The molecule has 0 bridgehead atoms. The fourth-order valence-corrected chi connectivity index (χ4v) is 8.13. The minimum absolute atomic E-state index is 0.0352. The van der Waals surface area contributed by atoms with E-state index in [0.29, 0.717) is 12.8 Å². The molecule has 8 heteroatoms. The number of unbranched alkanes of at least 4 members (excludes halogenated alkanes) is 31. The van der Waals surface area contributed by atoms with E-state index < -0.39 is 18.1 Å². The molecule has 0 aromatic heterocycles. The molecular weight excluding hydrogens is 799 g/mol. The van der Waals surface area contributed by atoms with Crippen molar-refractivity contribution in [3.63, 3.8) is 0 Å². The molecule has 0 spiro atoms. The van der Waals surface area contributed by atoms with Crippen LogP contribution in [0.5, 0.6) is 0 Å². The summed E-state index contributed by atoms with van der Waals surface area (Å²) in [5.41, 5.74) is 0. The molecule has 0 radical (unpaired) electrons. The van der Waals surface area contributed by atoms with Crippen LogP contribution in [0.15, 0.2) is 36.5 Å². The van der Waals surface area contributed by atoms with Crippen LogP contribution in [0.25, 0.3) is 0 Å². The number of hydrogen-bond donors (Lipinski definition) is 0. The lowest BCUT2D eigenvalue weighted by Gasteiger charge is -2.34. The van der Waals surface area contributed by atoms with Gasteiger partial charge in [-0.15, -0.1) is 0 Å². The van der Waals surface area contributed by atoms with Crippen molar-refractivity contribution in [2.24, 2.45) is 0 Å². The number of ether oxygens (including phenoxy) is 3. The van der Waals surface area contributed by atoms with Gasteiger partial charge in [-0.3, -0.25) is 9.59 Å². The van der Waals surface area contributed by atoms with Crippen LogP contribution in [-0.4, -0.2) is 75.5 Å². The zero-order valence-corrected chi connectivity index (χ0v) is 42.7. The number of carbonyl (C=O) groups excluding carboxylic acids is 3. The van der Waals surface area contributed by atoms with Gasteiger partial charge in [0.2, 0.25) is 0 Å². The van der Waals surface area contributed by atoms with Crippen LogP contribution in [0.4, 0.5) is 0 Å². The number of allylic oxidation sites excluding steroid dienone is 6. The Morgan fingerprint density at radius 1 is 0.469 bits per heavy atom. The molecule has 0 heterocycles. The van der Waals surface area contributed by atoms with E-state index in [4.69, 9.17) is 14.2 Å². The number of aliphatic carboxylic acids is 1. The topological polar surface area (TPSA) is 102 Å². The zero-order chi connectivity index (χ0) is 47.0. The van der Waals surface area contributed by atoms with Crippen LogP contribution in [0.2, 0.25) is 0 Å². The lowest BCUT2D eigenvalue weighted by molar-refractivity contribution is -0.889. The van der Waals surface area contributed by atoms with Gasteiger partial charge in [0.05, 0.1) is 40.3 Å². The fraction of sp³-hybridized carbons (Fsp3) is 0.839. The Balaban J connectivity index is 4.21. The van der Waals surface area contributed by atoms with Gasteiger partial charge in [-0.25, -0.2) is 0 Å². The standard InChI is InChI=1S/C56H103NO7/c1-6-8-10-12-14-16-18-20-22-24-26-27-28-29-31-32-34-36-38-40-42-44-46-54(58)63-51-52(50-62-49-48-53(56(60)61)57(3,4)5)64-55(59)47-45-43-41-39-37-35-33-30-25-23-21-19-17-15-13-11-9-7-2/h19,21,23,25,30,33,52-53H,6-18,20,22,24,26-29,31-32,34-51H2,1-5H3/b21-19+,25-23+,33-30+. The Labute approximate surface area is 395 Å². The van der Waals surface area contributed by atoms with Gasteiger partial charge in [-0.05, 0) is 38.5 Å². The number of hydrogen-bond acceptors (Lipinski definition) is 7. The number of carboxylic acid groups (broad SMARTS) is 1. The molecule has 2 unspecified atom stereocenters. The first-order valence-electron chi connectivity index (χ1n) is 27.0. The van der Waals surface area contributed by atoms with Crippen molar-refractivity contribution >= 4 is 17.9 Å². The molecule has 374 valence electrons. The van der Waals surface area contributed by atoms with Gasteiger partial charge in [0.15, 0.2) is 6.10 Å². The molecule has 0 amide bonds. The maximum Gasteiger partial charge on any atom is 0.306 e. The minimum Gasteiger partial charge on any atom is -0.544 e. The lowest BCUT2D eigenvalue weighted by atomic mass is 10.0. The first-order chi connectivity index (χ1) is 31.1. The summed E-state index contributed by atoms with van der Waals surface area (Å²) in [6, 6.07) is -0.729. The second-order valence-corrected chi connectivity index (χ2v) is 19.5. The van der Waals surface area contributed by atoms with Crippen LogP contribution in [-0.2, 0) is 28.6 Å². The van der Waals surface area contributed by atoms with Crippen molar-refractivity contribution in [1.29, 1.82) is 0 Å². The van der Waals surface area contributed by atoms with Crippen molar-refractivity contribution < 1.29 is 38.2 Å². The highest BCUT2D eigenvalue weighted by atomic mass is 16.6. The van der Waals surface area contributed by atoms with Gasteiger partial charge in [-0.2, -0.15) is 0 Å². The maximum absolute atomic E-state index is 12.8. The van der Waals surface area contributed by atoms with Crippen LogP contribution in [0.1, 0.15) is 251 Å². The highest BCUT2D eigenvalue weighted by Crippen LogP contribution is 2.17. The Morgan fingerprint density at radius 2 is 0.828 bits per heavy atom. The van der Waals surface area contributed by atoms with E-state index in [-0.39, 0.29) is 42.7 Å². The SMILES string of the molecule is CCCCCCC/C=C/C=C/C=C/CCCCCCCC(=O)OC(COCCC(C(=O)[O-])[N+](C)(C)C)COC(=O)CCCCCCCCCCCCCCCCCCCCCCCC. The quantitative estimate of drug-likeness (QED) is 0.0259. The minimum atomic E-state index is -1.13. The average Bonchev–Trinajstić information content (AvgIpc) is 3.26. The van der Waals surface area contributed by atoms with Crippen molar-refractivity contribution in [3.8, 4) is 0 Å². The van der Waals surface area contributed by atoms with E-state index in [2.05, 4.69) is 50.3 Å². The van der Waals surface area contributed by atoms with Crippen LogP contribution < -0.4 is 5.11 Å². The Kier molecular flexibility index (Phi) is 45.3. The van der Waals surface area contributed by atoms with Crippen LogP contribution in [0.3, 0.4) is 0 Å². The first kappa shape index (κ1) is 61.5. The summed E-state index contributed by atoms with van der Waals surface area (Å²) in [5, 5.41) is 11.7. The molecule has 0 aromatic rings. The van der Waals surface area contributed by atoms with Gasteiger partial charge in [0, 0.05) is 19.3 Å². The van der Waals surface area contributed by atoms with E-state index in [1.807, 2.05) is 0 Å². The smallest absolute Gasteiger partial charge is 0.306 e. The molecule has 0 saturated heterocycles. The molecule has 2 atom stereocenters. The summed E-state index contributed by atoms with van der Waals surface area (Å²) >= 11 is 0. The highest BCUT2D eigenvalue weighted by molar-refractivity contribution is 5.70. The summed E-state index contributed by atoms with van der Waals surface area (Å²) in [7, 11) is 5.42. The Morgan fingerprint density at radius 3 is 1.20 bits per heavy atom. The zero-order valence-electron chi connectivity index (χ0n) is 42.7. The van der Waals surface area contributed by atoms with Crippen LogP contribution in [0, 0.1) is 0 Å². The molecule has 0 aromatic carbocycles. The van der Waals surface area contributed by atoms with Gasteiger partial charge in [-0.1, -0.05) is 230 Å². The normalized spacial score (nSPS) is 13.1. The number of quaternary nitrogens is 1. The molecule has 64 heavy (non-hydrogen) atoms. The molecule has 0 rings (SSSR count). The van der Waals surface area contributed by atoms with Gasteiger partial charge >= 0.3 is 11.9 Å². The average molecular weight is 902 g/mol. The third-order valence-corrected chi connectivity index (χ3v) is 12.3. The number of rotatable bonds is 49. The first-order valence-corrected chi connectivity index (χ1v) is 27.0. The molecular formula is C56H103NO7. The third kappa shape index (κ3) is 44.7. The third-order valence-electron chi connectivity index (χ3n) is 12.3. The number of esters is 2. The second kappa shape index (κ2) is 47.1. The number of nitrogens with zero attached hydrogens (tertiary/aromatic N) is 1. The van der Waals surface area contributed by atoms with Crippen molar-refractivity contribution in [3.05, 3.63) is 36.5 Å². The van der Waals surface area contributed by atoms with E-state index >= 15 is 0 Å². The largest absolute Gasteiger partial charge is 0.544 e. The molecule has 0 aliphatic carbocycles. The Bertz CT molecular complexity index is 1140. The Hall–Kier alpha value is -2.45. The number of carbonyl (C=O) groups is 3. The van der Waals surface area contributed by atoms with Crippen molar-refractivity contribution in [2.45, 2.75) is 264 Å². The van der Waals surface area contributed by atoms with Gasteiger partial charge in [0.1, 0.15) is 12.6 Å². The summed E-state index contributed by atoms with van der Waals surface area (Å²) in [6.07, 6.45) is 56.1. The maximum atomic E-state index is 12.8. The van der Waals surface area contributed by atoms with Gasteiger partial charge in [0.25, 0.3) is 0 Å². The molecule has 0 N–H and O–H groups in total. The molecule has 0 aliphatic heterocycles.